The van der Waals surface area contributed by atoms with Crippen molar-refractivity contribution in [3.63, 3.8) is 0 Å². The van der Waals surface area contributed by atoms with Crippen LogP contribution in [0, 0.1) is 0 Å². The lowest BCUT2D eigenvalue weighted by Crippen LogP contribution is -2.35. The molecule has 0 aliphatic heterocycles. The van der Waals surface area contributed by atoms with Crippen LogP contribution in [0.3, 0.4) is 0 Å². The zero-order valence-corrected chi connectivity index (χ0v) is 33.8. The smallest absolute Gasteiger partial charge is 0.222 e. The first-order valence-corrected chi connectivity index (χ1v) is 19.5. The Morgan fingerprint density at radius 1 is 0.491 bits per heavy atom. The van der Waals surface area contributed by atoms with E-state index in [0.29, 0.717) is 165 Å². The minimum absolute atomic E-state index is 0. The second-order valence-corrected chi connectivity index (χ2v) is 11.0. The molecule has 1 atom stereocenters. The van der Waals surface area contributed by atoms with Gasteiger partial charge in [-0.2, -0.15) is 0 Å². The van der Waals surface area contributed by atoms with E-state index in [1.165, 1.54) is 0 Å². The average Bonchev–Trinajstić information content (AvgIpc) is 3.16. The first-order chi connectivity index (χ1) is 26.1. The molecule has 0 aromatic rings. The van der Waals surface area contributed by atoms with Gasteiger partial charge in [0.05, 0.1) is 158 Å². The molecular formula is C37H80N2O14. The van der Waals surface area contributed by atoms with E-state index in [4.69, 9.17) is 56.8 Å². The van der Waals surface area contributed by atoms with Gasteiger partial charge < -0.3 is 67.5 Å². The number of amides is 1. The van der Waals surface area contributed by atoms with Gasteiger partial charge in [0.25, 0.3) is 0 Å². The number of hydrogen-bond acceptors (Lipinski definition) is 15. The number of likely N-dealkylation sites (N-methyl/N-ethyl adjacent to an activating group) is 1. The predicted octanol–water partition coefficient (Wildman–Crippen LogP) is 2.58. The highest BCUT2D eigenvalue weighted by molar-refractivity contribution is 5.81. The van der Waals surface area contributed by atoms with Crippen LogP contribution in [-0.4, -0.2) is 190 Å². The Hall–Kier alpha value is -1.38. The number of ketones is 1. The van der Waals surface area contributed by atoms with Gasteiger partial charge in [-0.3, -0.25) is 9.59 Å². The van der Waals surface area contributed by atoms with Crippen molar-refractivity contribution in [1.82, 2.24) is 10.6 Å². The molecule has 0 rings (SSSR count). The van der Waals surface area contributed by atoms with E-state index >= 15 is 0 Å². The molecule has 16 heteroatoms. The third kappa shape index (κ3) is 46.7. The number of rotatable bonds is 44. The normalized spacial score (nSPS) is 11.7. The highest BCUT2D eigenvalue weighted by atomic mass is 16.6. The third-order valence-electron chi connectivity index (χ3n) is 6.81. The SMILES string of the molecule is CC.CCN[C@@H](CCCCNC(=O)CCOCCOCCOCCOCCOCCOCCOCCOCCOCCOCCOCCOC)C(C)=O.[HH].[HH]. The van der Waals surface area contributed by atoms with E-state index in [1.807, 2.05) is 20.8 Å². The molecule has 2 N–H and O–H groups in total. The molecule has 16 nitrogen and oxygen atoms in total. The molecule has 322 valence electrons. The third-order valence-corrected chi connectivity index (χ3v) is 6.81. The van der Waals surface area contributed by atoms with Crippen LogP contribution in [0.4, 0.5) is 0 Å². The predicted molar refractivity (Wildman–Crippen MR) is 206 cm³/mol. The Labute approximate surface area is 323 Å². The molecule has 53 heavy (non-hydrogen) atoms. The van der Waals surface area contributed by atoms with Crippen molar-refractivity contribution in [1.29, 1.82) is 0 Å². The first-order valence-electron chi connectivity index (χ1n) is 19.5. The molecule has 0 fully saturated rings. The van der Waals surface area contributed by atoms with Crippen molar-refractivity contribution in [2.24, 2.45) is 0 Å². The van der Waals surface area contributed by atoms with Crippen molar-refractivity contribution in [3.8, 4) is 0 Å². The summed E-state index contributed by atoms with van der Waals surface area (Å²) >= 11 is 0. The maximum absolute atomic E-state index is 11.9. The van der Waals surface area contributed by atoms with Crippen LogP contribution in [0.1, 0.15) is 56.2 Å². The van der Waals surface area contributed by atoms with Crippen molar-refractivity contribution in [3.05, 3.63) is 0 Å². The molecule has 0 spiro atoms. The summed E-state index contributed by atoms with van der Waals surface area (Å²) in [7, 11) is 1.64. The van der Waals surface area contributed by atoms with E-state index in [2.05, 4.69) is 10.6 Å². The topological polar surface area (TPSA) is 169 Å². The van der Waals surface area contributed by atoms with Crippen LogP contribution < -0.4 is 10.6 Å². The number of nitrogens with one attached hydrogen (secondary N) is 2. The summed E-state index contributed by atoms with van der Waals surface area (Å²) in [5.41, 5.74) is 0. The summed E-state index contributed by atoms with van der Waals surface area (Å²) in [5, 5.41) is 6.06. The Bertz CT molecular complexity index is 739. The number of hydrogen-bond donors (Lipinski definition) is 2. The molecule has 0 aliphatic rings. The summed E-state index contributed by atoms with van der Waals surface area (Å²) in [6.45, 7) is 20.4. The van der Waals surface area contributed by atoms with Gasteiger partial charge in [-0.1, -0.05) is 20.8 Å². The van der Waals surface area contributed by atoms with E-state index in [-0.39, 0.29) is 20.6 Å². The molecule has 0 saturated heterocycles. The monoisotopic (exact) mass is 777 g/mol. The zero-order chi connectivity index (χ0) is 39.1. The highest BCUT2D eigenvalue weighted by Gasteiger charge is 2.11. The molecule has 1 amide bonds. The van der Waals surface area contributed by atoms with Gasteiger partial charge in [-0.15, -0.1) is 0 Å². The second-order valence-electron chi connectivity index (χ2n) is 11.0. The molecular weight excluding hydrogens is 696 g/mol. The van der Waals surface area contributed by atoms with Crippen LogP contribution in [0.5, 0.6) is 0 Å². The van der Waals surface area contributed by atoms with Gasteiger partial charge in [0.1, 0.15) is 5.78 Å². The van der Waals surface area contributed by atoms with Gasteiger partial charge in [-0.05, 0) is 32.7 Å². The van der Waals surface area contributed by atoms with Crippen molar-refractivity contribution >= 4 is 11.7 Å². The van der Waals surface area contributed by atoms with Crippen LogP contribution in [0.2, 0.25) is 0 Å². The van der Waals surface area contributed by atoms with Gasteiger partial charge in [0, 0.05) is 22.9 Å². The van der Waals surface area contributed by atoms with Gasteiger partial charge in [0.2, 0.25) is 5.91 Å². The van der Waals surface area contributed by atoms with Crippen LogP contribution >= 0.6 is 0 Å². The van der Waals surface area contributed by atoms with Crippen molar-refractivity contribution in [2.75, 3.05) is 172 Å². The fraction of sp³-hybridized carbons (Fsp3) is 0.946. The Balaban J connectivity index is -0.00000319. The number of Topliss-reactive ketones (excluding diaryl/α,β-unsaturated/α-hetero) is 1. The molecule has 0 aromatic heterocycles. The lowest BCUT2D eigenvalue weighted by Gasteiger charge is -2.14. The minimum atomic E-state index is -0.0920. The Morgan fingerprint density at radius 2 is 0.792 bits per heavy atom. The van der Waals surface area contributed by atoms with Crippen LogP contribution in [0.15, 0.2) is 0 Å². The van der Waals surface area contributed by atoms with E-state index in [1.54, 1.807) is 14.0 Å². The number of methoxy groups -OCH3 is 1. The summed E-state index contributed by atoms with van der Waals surface area (Å²) in [6.07, 6.45) is 2.83. The number of ether oxygens (including phenoxy) is 12. The number of carbonyl (C=O) groups is 2. The average molecular weight is 777 g/mol. The van der Waals surface area contributed by atoms with Gasteiger partial charge in [0.15, 0.2) is 0 Å². The summed E-state index contributed by atoms with van der Waals surface area (Å²) in [4.78, 5) is 23.4. The molecule has 0 unspecified atom stereocenters. The lowest BCUT2D eigenvalue weighted by molar-refractivity contribution is -0.122. The van der Waals surface area contributed by atoms with Crippen LogP contribution in [0.25, 0.3) is 0 Å². The summed E-state index contributed by atoms with van der Waals surface area (Å²) < 4.78 is 64.8. The maximum Gasteiger partial charge on any atom is 0.222 e. The quantitative estimate of drug-likeness (QED) is 0.0866. The van der Waals surface area contributed by atoms with E-state index < -0.39 is 0 Å². The Morgan fingerprint density at radius 3 is 1.08 bits per heavy atom. The fourth-order valence-electron chi connectivity index (χ4n) is 4.09. The first kappa shape index (κ1) is 53.7. The fourth-order valence-corrected chi connectivity index (χ4v) is 4.09. The molecule has 0 radical (unpaired) electrons. The maximum atomic E-state index is 11.9. The summed E-state index contributed by atoms with van der Waals surface area (Å²) in [5.74, 6) is 0.120. The molecule has 0 bridgehead atoms. The standard InChI is InChI=1S/C35H70N2O14.C2H6.2H2/c1-4-36-34(33(2)38)7-5-6-9-37-35(39)8-10-41-13-14-43-17-18-45-21-22-47-25-26-49-29-30-51-32-31-50-28-27-48-24-23-46-20-19-44-16-15-42-12-11-40-3;1-2;;/h34,36H,4-32H2,1-3H3,(H,37,39);1-2H3;2*1H/t34-;;;/m0.../s1. The Kier molecular flexibility index (Phi) is 49.3. The lowest BCUT2D eigenvalue weighted by atomic mass is 10.1. The van der Waals surface area contributed by atoms with Crippen molar-refractivity contribution < 1.29 is 69.3 Å². The van der Waals surface area contributed by atoms with E-state index in [0.717, 1.165) is 25.8 Å². The zero-order valence-electron chi connectivity index (χ0n) is 33.8. The molecule has 0 aromatic carbocycles. The molecule has 0 saturated carbocycles. The highest BCUT2D eigenvalue weighted by Crippen LogP contribution is 2.02. The van der Waals surface area contributed by atoms with E-state index in [9.17, 15) is 9.59 Å². The largest absolute Gasteiger partial charge is 0.382 e. The molecule has 0 aliphatic carbocycles. The number of unbranched alkanes of at least 4 members (excludes halogenated alkanes) is 1. The second kappa shape index (κ2) is 48.6. The minimum Gasteiger partial charge on any atom is -0.382 e. The van der Waals surface area contributed by atoms with Gasteiger partial charge >= 0.3 is 0 Å². The number of carbonyl (C=O) groups excluding carboxylic acids is 2. The van der Waals surface area contributed by atoms with Crippen molar-refractivity contribution in [2.45, 2.75) is 59.4 Å². The van der Waals surface area contributed by atoms with Crippen LogP contribution in [-0.2, 0) is 66.4 Å². The molecule has 0 heterocycles. The van der Waals surface area contributed by atoms with Gasteiger partial charge in [-0.25, -0.2) is 0 Å². The summed E-state index contributed by atoms with van der Waals surface area (Å²) in [6, 6.07) is -0.0920.